The maximum Gasteiger partial charge on any atom is 0.202 e. The van der Waals surface area contributed by atoms with Crippen LogP contribution >= 0.6 is 0 Å². The molecule has 2 aliphatic rings. The van der Waals surface area contributed by atoms with Gasteiger partial charge in [-0.15, -0.1) is 0 Å². The van der Waals surface area contributed by atoms with E-state index in [4.69, 9.17) is 0 Å². The van der Waals surface area contributed by atoms with Crippen molar-refractivity contribution in [1.82, 2.24) is 15.5 Å². The van der Waals surface area contributed by atoms with E-state index < -0.39 is 0 Å². The quantitative estimate of drug-likeness (QED) is 0.767. The topological polar surface area (TPSA) is 52.0 Å². The average molecular weight is 247 g/mol. The van der Waals surface area contributed by atoms with Crippen molar-refractivity contribution in [2.75, 3.05) is 20.6 Å². The van der Waals surface area contributed by atoms with E-state index in [1.807, 2.05) is 25.9 Å². The Bertz CT molecular complexity index is 442. The van der Waals surface area contributed by atoms with E-state index >= 15 is 0 Å². The lowest BCUT2D eigenvalue weighted by atomic mass is 10.2. The normalized spacial score (nSPS) is 25.0. The number of nitrogens with zero attached hydrogens (tertiary/aromatic N) is 3. The molecular formula is C13H21N5. The molecule has 0 spiro atoms. The molecule has 0 aromatic carbocycles. The van der Waals surface area contributed by atoms with Gasteiger partial charge in [-0.05, 0) is 25.8 Å². The first kappa shape index (κ1) is 12.7. The first-order valence-corrected chi connectivity index (χ1v) is 6.25. The fourth-order valence-electron chi connectivity index (χ4n) is 1.92. The molecule has 1 aliphatic carbocycles. The second kappa shape index (κ2) is 5.25. The van der Waals surface area contributed by atoms with Crippen LogP contribution in [0.5, 0.6) is 0 Å². The molecule has 0 amide bonds. The number of allylic oxidation sites excluding steroid dienone is 2. The minimum Gasteiger partial charge on any atom is -0.349 e. The van der Waals surface area contributed by atoms with Crippen molar-refractivity contribution >= 4 is 11.9 Å². The molecular weight excluding hydrogens is 226 g/mol. The van der Waals surface area contributed by atoms with Crippen LogP contribution in [0.15, 0.2) is 33.3 Å². The molecule has 0 fully saturated rings. The van der Waals surface area contributed by atoms with Gasteiger partial charge in [-0.3, -0.25) is 5.32 Å². The number of aliphatic imine (C=N–C) groups is 2. The minimum atomic E-state index is 0.0524. The van der Waals surface area contributed by atoms with Crippen LogP contribution in [0.1, 0.15) is 20.3 Å². The Morgan fingerprint density at radius 1 is 1.44 bits per heavy atom. The molecule has 5 heteroatoms. The van der Waals surface area contributed by atoms with Crippen molar-refractivity contribution in [2.45, 2.75) is 26.4 Å². The summed E-state index contributed by atoms with van der Waals surface area (Å²) in [6, 6.07) is 0. The van der Waals surface area contributed by atoms with Crippen LogP contribution < -0.4 is 10.6 Å². The first-order chi connectivity index (χ1) is 8.56. The molecule has 18 heavy (non-hydrogen) atoms. The summed E-state index contributed by atoms with van der Waals surface area (Å²) in [5.41, 5.74) is 2.65. The summed E-state index contributed by atoms with van der Waals surface area (Å²) < 4.78 is 0. The van der Waals surface area contributed by atoms with Gasteiger partial charge in [0, 0.05) is 14.1 Å². The van der Waals surface area contributed by atoms with E-state index in [2.05, 4.69) is 39.7 Å². The lowest BCUT2D eigenvalue weighted by molar-refractivity contribution is 0.559. The summed E-state index contributed by atoms with van der Waals surface area (Å²) in [5.74, 6) is 1.63. The van der Waals surface area contributed by atoms with Crippen LogP contribution in [0, 0.1) is 0 Å². The molecule has 0 saturated carbocycles. The van der Waals surface area contributed by atoms with Crippen molar-refractivity contribution in [3.63, 3.8) is 0 Å². The van der Waals surface area contributed by atoms with E-state index in [1.54, 1.807) is 0 Å². The summed E-state index contributed by atoms with van der Waals surface area (Å²) in [4.78, 5) is 11.0. The molecule has 5 nitrogen and oxygen atoms in total. The van der Waals surface area contributed by atoms with Crippen LogP contribution in [0.3, 0.4) is 0 Å². The van der Waals surface area contributed by atoms with Gasteiger partial charge in [0.25, 0.3) is 0 Å². The van der Waals surface area contributed by atoms with Crippen molar-refractivity contribution in [1.29, 1.82) is 0 Å². The predicted molar refractivity (Wildman–Crippen MR) is 75.6 cm³/mol. The SMILES string of the molecule is CC1=CCC=C1CN=C1NC(N(C)C)=NC(C)N1. The molecule has 1 atom stereocenters. The summed E-state index contributed by atoms with van der Waals surface area (Å²) in [5, 5.41) is 6.41. The van der Waals surface area contributed by atoms with Crippen LogP contribution in [0.4, 0.5) is 0 Å². The Morgan fingerprint density at radius 2 is 2.22 bits per heavy atom. The van der Waals surface area contributed by atoms with E-state index in [9.17, 15) is 0 Å². The largest absolute Gasteiger partial charge is 0.349 e. The maximum absolute atomic E-state index is 4.58. The van der Waals surface area contributed by atoms with Crippen molar-refractivity contribution in [3.8, 4) is 0 Å². The van der Waals surface area contributed by atoms with Gasteiger partial charge in [-0.25, -0.2) is 9.98 Å². The van der Waals surface area contributed by atoms with Crippen LogP contribution in [-0.2, 0) is 0 Å². The number of hydrogen-bond donors (Lipinski definition) is 2. The highest BCUT2D eigenvalue weighted by atomic mass is 15.4. The van der Waals surface area contributed by atoms with E-state index in [1.165, 1.54) is 11.1 Å². The van der Waals surface area contributed by atoms with Gasteiger partial charge in [-0.1, -0.05) is 17.7 Å². The molecule has 98 valence electrons. The Morgan fingerprint density at radius 3 is 2.83 bits per heavy atom. The third-order valence-corrected chi connectivity index (χ3v) is 3.02. The molecule has 0 saturated heterocycles. The highest BCUT2D eigenvalue weighted by Crippen LogP contribution is 2.18. The Labute approximate surface area is 108 Å². The highest BCUT2D eigenvalue weighted by Gasteiger charge is 2.16. The number of rotatable bonds is 2. The zero-order chi connectivity index (χ0) is 13.1. The van der Waals surface area contributed by atoms with E-state index in [-0.39, 0.29) is 6.17 Å². The third-order valence-electron chi connectivity index (χ3n) is 3.02. The van der Waals surface area contributed by atoms with E-state index in [0.717, 1.165) is 18.3 Å². The minimum absolute atomic E-state index is 0.0524. The van der Waals surface area contributed by atoms with Crippen LogP contribution in [0.2, 0.25) is 0 Å². The molecule has 0 aromatic heterocycles. The molecule has 0 radical (unpaired) electrons. The average Bonchev–Trinajstić information content (AvgIpc) is 2.71. The third kappa shape index (κ3) is 2.91. The molecule has 0 aromatic rings. The molecule has 2 rings (SSSR count). The van der Waals surface area contributed by atoms with Gasteiger partial charge in [0.2, 0.25) is 5.96 Å². The van der Waals surface area contributed by atoms with Gasteiger partial charge in [0.1, 0.15) is 6.17 Å². The molecule has 1 unspecified atom stereocenters. The maximum atomic E-state index is 4.58. The first-order valence-electron chi connectivity index (χ1n) is 6.25. The summed E-state index contributed by atoms with van der Waals surface area (Å²) in [6.45, 7) is 4.86. The van der Waals surface area contributed by atoms with Crippen molar-refractivity contribution in [3.05, 3.63) is 23.3 Å². The standard InChI is InChI=1S/C13H21N5/c1-9-6-5-7-11(9)8-14-12-15-10(2)16-13(17-12)18(3)4/h6-7,10H,5,8H2,1-4H3,(H2,14,15,16,17). The molecule has 1 heterocycles. The second-order valence-electron chi connectivity index (χ2n) is 4.81. The zero-order valence-corrected chi connectivity index (χ0v) is 11.5. The Hall–Kier alpha value is -1.78. The summed E-state index contributed by atoms with van der Waals surface area (Å²) in [7, 11) is 3.93. The van der Waals surface area contributed by atoms with Gasteiger partial charge in [0.05, 0.1) is 6.54 Å². The molecule has 0 bridgehead atoms. The van der Waals surface area contributed by atoms with Crippen LogP contribution in [-0.4, -0.2) is 43.6 Å². The fourth-order valence-corrected chi connectivity index (χ4v) is 1.92. The van der Waals surface area contributed by atoms with Crippen molar-refractivity contribution in [2.24, 2.45) is 9.98 Å². The van der Waals surface area contributed by atoms with Gasteiger partial charge in [0.15, 0.2) is 5.96 Å². The summed E-state index contributed by atoms with van der Waals surface area (Å²) >= 11 is 0. The zero-order valence-electron chi connectivity index (χ0n) is 11.5. The van der Waals surface area contributed by atoms with Gasteiger partial charge >= 0.3 is 0 Å². The monoisotopic (exact) mass is 247 g/mol. The predicted octanol–water partition coefficient (Wildman–Crippen LogP) is 1.08. The Kier molecular flexibility index (Phi) is 3.69. The van der Waals surface area contributed by atoms with Crippen LogP contribution in [0.25, 0.3) is 0 Å². The number of nitrogens with one attached hydrogen (secondary N) is 2. The second-order valence-corrected chi connectivity index (χ2v) is 4.81. The number of guanidine groups is 2. The lowest BCUT2D eigenvalue weighted by Gasteiger charge is -2.26. The number of hydrogen-bond acceptors (Lipinski definition) is 3. The van der Waals surface area contributed by atoms with Crippen molar-refractivity contribution < 1.29 is 0 Å². The summed E-state index contributed by atoms with van der Waals surface area (Å²) in [6.07, 6.45) is 5.55. The highest BCUT2D eigenvalue weighted by molar-refractivity contribution is 6.00. The fraction of sp³-hybridized carbons (Fsp3) is 0.538. The Balaban J connectivity index is 2.02. The molecule has 1 aliphatic heterocycles. The van der Waals surface area contributed by atoms with E-state index in [0.29, 0.717) is 6.54 Å². The smallest absolute Gasteiger partial charge is 0.202 e. The molecule has 2 N–H and O–H groups in total. The van der Waals surface area contributed by atoms with Gasteiger partial charge in [-0.2, -0.15) is 0 Å². The lowest BCUT2D eigenvalue weighted by Crippen LogP contribution is -2.53. The van der Waals surface area contributed by atoms with Gasteiger partial charge < -0.3 is 10.2 Å².